The Morgan fingerprint density at radius 2 is 1.82 bits per heavy atom. The lowest BCUT2D eigenvalue weighted by molar-refractivity contribution is -0.151. The van der Waals surface area contributed by atoms with Gasteiger partial charge in [0.25, 0.3) is 5.91 Å². The molecular formula is C22H19F3N2O6. The minimum atomic E-state index is -4.56. The number of carbonyl (C=O) groups excluding carboxylic acids is 4. The predicted octanol–water partition coefficient (Wildman–Crippen LogP) is 3.03. The number of anilines is 2. The highest BCUT2D eigenvalue weighted by atomic mass is 19.4. The van der Waals surface area contributed by atoms with E-state index < -0.39 is 42.1 Å². The van der Waals surface area contributed by atoms with Crippen LogP contribution in [0.5, 0.6) is 0 Å². The molecule has 1 N–H and O–H groups in total. The molecule has 33 heavy (non-hydrogen) atoms. The maximum atomic E-state index is 12.8. The van der Waals surface area contributed by atoms with Gasteiger partial charge in [0, 0.05) is 24.3 Å². The summed E-state index contributed by atoms with van der Waals surface area (Å²) in [5, 5.41) is 2.23. The van der Waals surface area contributed by atoms with Crippen LogP contribution in [0.3, 0.4) is 0 Å². The number of rotatable bonds is 6. The topological polar surface area (TPSA) is 102 Å². The van der Waals surface area contributed by atoms with Crippen LogP contribution >= 0.6 is 0 Å². The van der Waals surface area contributed by atoms with Gasteiger partial charge in [0.2, 0.25) is 5.91 Å². The summed E-state index contributed by atoms with van der Waals surface area (Å²) in [6, 6.07) is 10.1. The van der Waals surface area contributed by atoms with Gasteiger partial charge in [-0.05, 0) is 42.5 Å². The molecule has 8 nitrogen and oxygen atoms in total. The van der Waals surface area contributed by atoms with Crippen LogP contribution in [0, 0.1) is 5.92 Å². The van der Waals surface area contributed by atoms with Gasteiger partial charge in [-0.15, -0.1) is 0 Å². The standard InChI is InChI=1S/C22H19F3N2O6/c1-32-20(30)13-5-7-17(8-6-13)27-11-14(9-19(27)29)21(31)33-12-18(28)26-16-4-2-3-15(10-16)22(23,24)25/h2-8,10,14H,9,11-12H2,1H3,(H,26,28)/t14-/m1/s1. The Kier molecular flexibility index (Phi) is 7.00. The fourth-order valence-electron chi connectivity index (χ4n) is 3.24. The van der Waals surface area contributed by atoms with Gasteiger partial charge in [-0.25, -0.2) is 4.79 Å². The summed E-state index contributed by atoms with van der Waals surface area (Å²) in [7, 11) is 1.25. The van der Waals surface area contributed by atoms with Crippen molar-refractivity contribution in [1.29, 1.82) is 0 Å². The molecule has 0 spiro atoms. The highest BCUT2D eigenvalue weighted by Crippen LogP contribution is 2.30. The number of benzene rings is 2. The number of ether oxygens (including phenoxy) is 2. The van der Waals surface area contributed by atoms with Gasteiger partial charge in [-0.2, -0.15) is 13.2 Å². The summed E-state index contributed by atoms with van der Waals surface area (Å²) in [4.78, 5) is 49.4. The summed E-state index contributed by atoms with van der Waals surface area (Å²) in [6.07, 6.45) is -4.69. The number of halogens is 3. The number of hydrogen-bond donors (Lipinski definition) is 1. The lowest BCUT2D eigenvalue weighted by Gasteiger charge is -2.17. The van der Waals surface area contributed by atoms with Crippen LogP contribution in [0.25, 0.3) is 0 Å². The van der Waals surface area contributed by atoms with E-state index in [0.717, 1.165) is 18.2 Å². The van der Waals surface area contributed by atoms with Crippen molar-refractivity contribution in [2.75, 3.05) is 30.5 Å². The maximum Gasteiger partial charge on any atom is 0.416 e. The number of methoxy groups -OCH3 is 1. The highest BCUT2D eigenvalue weighted by molar-refractivity contribution is 6.00. The third kappa shape index (κ3) is 5.88. The first kappa shape index (κ1) is 23.8. The van der Waals surface area contributed by atoms with Crippen molar-refractivity contribution in [1.82, 2.24) is 0 Å². The van der Waals surface area contributed by atoms with Crippen molar-refractivity contribution in [3.05, 3.63) is 59.7 Å². The zero-order valence-electron chi connectivity index (χ0n) is 17.3. The molecule has 2 amide bonds. The first-order valence-corrected chi connectivity index (χ1v) is 9.71. The summed E-state index contributed by atoms with van der Waals surface area (Å²) in [6.45, 7) is -0.696. The monoisotopic (exact) mass is 464 g/mol. The van der Waals surface area contributed by atoms with E-state index in [9.17, 15) is 32.3 Å². The van der Waals surface area contributed by atoms with Gasteiger partial charge < -0.3 is 19.7 Å². The van der Waals surface area contributed by atoms with Gasteiger partial charge in [0.1, 0.15) is 0 Å². The van der Waals surface area contributed by atoms with Crippen molar-refractivity contribution in [2.24, 2.45) is 5.92 Å². The van der Waals surface area contributed by atoms with Crippen molar-refractivity contribution in [3.8, 4) is 0 Å². The average molecular weight is 464 g/mol. The highest BCUT2D eigenvalue weighted by Gasteiger charge is 2.36. The van der Waals surface area contributed by atoms with E-state index in [1.54, 1.807) is 12.1 Å². The van der Waals surface area contributed by atoms with Crippen molar-refractivity contribution in [3.63, 3.8) is 0 Å². The minimum Gasteiger partial charge on any atom is -0.465 e. The molecule has 3 rings (SSSR count). The quantitative estimate of drug-likeness (QED) is 0.660. The van der Waals surface area contributed by atoms with E-state index in [1.807, 2.05) is 0 Å². The number of hydrogen-bond acceptors (Lipinski definition) is 6. The molecular weight excluding hydrogens is 445 g/mol. The molecule has 2 aromatic carbocycles. The largest absolute Gasteiger partial charge is 0.465 e. The second-order valence-corrected chi connectivity index (χ2v) is 7.18. The first-order valence-electron chi connectivity index (χ1n) is 9.71. The summed E-state index contributed by atoms with van der Waals surface area (Å²) < 4.78 is 47.8. The van der Waals surface area contributed by atoms with E-state index in [2.05, 4.69) is 10.1 Å². The van der Waals surface area contributed by atoms with Crippen LogP contribution in [0.4, 0.5) is 24.5 Å². The number of alkyl halides is 3. The summed E-state index contributed by atoms with van der Waals surface area (Å²) >= 11 is 0. The van der Waals surface area contributed by atoms with Crippen molar-refractivity contribution < 1.29 is 41.8 Å². The minimum absolute atomic E-state index is 0.0183. The molecule has 2 aromatic rings. The fraction of sp³-hybridized carbons (Fsp3) is 0.273. The SMILES string of the molecule is COC(=O)c1ccc(N2C[C@H](C(=O)OCC(=O)Nc3cccc(C(F)(F)F)c3)CC2=O)cc1. The molecule has 11 heteroatoms. The Hall–Kier alpha value is -3.89. The molecule has 1 heterocycles. The molecule has 1 aliphatic rings. The van der Waals surface area contributed by atoms with Crippen LogP contribution in [0.2, 0.25) is 0 Å². The third-order valence-corrected chi connectivity index (χ3v) is 4.88. The van der Waals surface area contributed by atoms with Crippen molar-refractivity contribution >= 4 is 35.1 Å². The lowest BCUT2D eigenvalue weighted by Crippen LogP contribution is -2.28. The van der Waals surface area contributed by atoms with Crippen LogP contribution < -0.4 is 10.2 Å². The number of amides is 2. The second-order valence-electron chi connectivity index (χ2n) is 7.18. The third-order valence-electron chi connectivity index (χ3n) is 4.88. The van der Waals surface area contributed by atoms with Crippen LogP contribution in [-0.2, 0) is 30.0 Å². The molecule has 0 bridgehead atoms. The van der Waals surface area contributed by atoms with E-state index in [-0.39, 0.29) is 24.6 Å². The number of esters is 2. The van der Waals surface area contributed by atoms with Gasteiger partial charge in [0.05, 0.1) is 24.2 Å². The Balaban J connectivity index is 1.53. The van der Waals surface area contributed by atoms with E-state index >= 15 is 0 Å². The molecule has 1 saturated heterocycles. The first-order chi connectivity index (χ1) is 15.6. The Morgan fingerprint density at radius 1 is 1.12 bits per heavy atom. The molecule has 0 radical (unpaired) electrons. The van der Waals surface area contributed by atoms with Crippen LogP contribution in [0.15, 0.2) is 48.5 Å². The number of nitrogens with zero attached hydrogens (tertiary/aromatic N) is 1. The molecule has 0 aromatic heterocycles. The Morgan fingerprint density at radius 3 is 2.45 bits per heavy atom. The van der Waals surface area contributed by atoms with Gasteiger partial charge in [0.15, 0.2) is 6.61 Å². The van der Waals surface area contributed by atoms with E-state index in [4.69, 9.17) is 4.74 Å². The molecule has 0 saturated carbocycles. The molecule has 0 aliphatic carbocycles. The fourth-order valence-corrected chi connectivity index (χ4v) is 3.24. The summed E-state index contributed by atoms with van der Waals surface area (Å²) in [5.41, 5.74) is -0.245. The van der Waals surface area contributed by atoms with Crippen LogP contribution in [-0.4, -0.2) is 44.0 Å². The summed E-state index contributed by atoms with van der Waals surface area (Å²) in [5.74, 6) is -3.28. The number of carbonyl (C=O) groups is 4. The second kappa shape index (κ2) is 9.72. The lowest BCUT2D eigenvalue weighted by atomic mass is 10.1. The van der Waals surface area contributed by atoms with Crippen LogP contribution in [0.1, 0.15) is 22.3 Å². The maximum absolute atomic E-state index is 12.8. The molecule has 174 valence electrons. The smallest absolute Gasteiger partial charge is 0.416 e. The van der Waals surface area contributed by atoms with Crippen molar-refractivity contribution in [2.45, 2.75) is 12.6 Å². The zero-order valence-corrected chi connectivity index (χ0v) is 17.3. The molecule has 1 atom stereocenters. The molecule has 1 aliphatic heterocycles. The van der Waals surface area contributed by atoms with E-state index in [0.29, 0.717) is 11.3 Å². The molecule has 0 unspecified atom stereocenters. The van der Waals surface area contributed by atoms with Gasteiger partial charge >= 0.3 is 18.1 Å². The predicted molar refractivity (Wildman–Crippen MR) is 109 cm³/mol. The number of nitrogens with one attached hydrogen (secondary N) is 1. The van der Waals surface area contributed by atoms with Gasteiger partial charge in [-0.1, -0.05) is 6.07 Å². The normalized spacial score (nSPS) is 15.8. The Bertz CT molecular complexity index is 1070. The zero-order chi connectivity index (χ0) is 24.2. The Labute approximate surface area is 186 Å². The molecule has 1 fully saturated rings. The van der Waals surface area contributed by atoms with E-state index in [1.165, 1.54) is 30.2 Å². The van der Waals surface area contributed by atoms with Gasteiger partial charge in [-0.3, -0.25) is 14.4 Å². The average Bonchev–Trinajstić information content (AvgIpc) is 3.18.